The number of piperazine rings is 1. The number of rotatable bonds is 4. The third-order valence-corrected chi connectivity index (χ3v) is 3.92. The number of nitrogens with one attached hydrogen (secondary N) is 1. The molecule has 0 bridgehead atoms. The molecule has 2 aliphatic rings. The van der Waals surface area contributed by atoms with Crippen LogP contribution < -0.4 is 14.8 Å². The minimum Gasteiger partial charge on any atom is -0.454 e. The molecule has 124 valence electrons. The Bertz CT molecular complexity index is 505. The van der Waals surface area contributed by atoms with Crippen molar-refractivity contribution in [2.24, 2.45) is 0 Å². The molecule has 2 aliphatic heterocycles. The van der Waals surface area contributed by atoms with Crippen LogP contribution in [0.15, 0.2) is 30.4 Å². The molecule has 6 heteroatoms. The van der Waals surface area contributed by atoms with Crippen molar-refractivity contribution in [3.63, 3.8) is 0 Å². The highest BCUT2D eigenvalue weighted by atomic mass is 35.5. The predicted molar refractivity (Wildman–Crippen MR) is 93.7 cm³/mol. The lowest BCUT2D eigenvalue weighted by Crippen LogP contribution is -2.45. The zero-order chi connectivity index (χ0) is 13.9. The molecule has 0 aromatic heterocycles. The van der Waals surface area contributed by atoms with Crippen LogP contribution in [0.25, 0.3) is 0 Å². The van der Waals surface area contributed by atoms with E-state index in [1.165, 1.54) is 11.1 Å². The molecule has 3 rings (SSSR count). The molecular weight excluding hydrogens is 323 g/mol. The number of ether oxygens (including phenoxy) is 2. The Kier molecular flexibility index (Phi) is 7.49. The van der Waals surface area contributed by atoms with E-state index in [1.807, 2.05) is 6.07 Å². The lowest BCUT2D eigenvalue weighted by molar-refractivity contribution is 0.158. The van der Waals surface area contributed by atoms with E-state index in [4.69, 9.17) is 9.47 Å². The molecule has 22 heavy (non-hydrogen) atoms. The quantitative estimate of drug-likeness (QED) is 0.849. The van der Waals surface area contributed by atoms with Crippen LogP contribution in [-0.2, 0) is 0 Å². The van der Waals surface area contributed by atoms with Gasteiger partial charge in [0.05, 0.1) is 0 Å². The van der Waals surface area contributed by atoms with Crippen LogP contribution in [0.2, 0.25) is 0 Å². The first-order valence-electron chi connectivity index (χ1n) is 7.23. The second kappa shape index (κ2) is 8.63. The van der Waals surface area contributed by atoms with Gasteiger partial charge in [-0.25, -0.2) is 0 Å². The van der Waals surface area contributed by atoms with Crippen LogP contribution in [0.3, 0.4) is 0 Å². The molecule has 1 fully saturated rings. The Balaban J connectivity index is 0.00000121. The Morgan fingerprint density at radius 3 is 2.68 bits per heavy atom. The van der Waals surface area contributed by atoms with Crippen molar-refractivity contribution < 1.29 is 9.47 Å². The fourth-order valence-electron chi connectivity index (χ4n) is 2.97. The third-order valence-electron chi connectivity index (χ3n) is 3.92. The van der Waals surface area contributed by atoms with E-state index in [-0.39, 0.29) is 24.8 Å². The van der Waals surface area contributed by atoms with Crippen molar-refractivity contribution in [2.75, 3.05) is 33.0 Å². The molecule has 0 amide bonds. The zero-order valence-corrected chi connectivity index (χ0v) is 14.5. The molecule has 0 radical (unpaired) electrons. The number of para-hydroxylation sites is 1. The monoisotopic (exact) mass is 346 g/mol. The average molecular weight is 347 g/mol. The fraction of sp³-hybridized carbons (Fsp3) is 0.500. The van der Waals surface area contributed by atoms with Gasteiger partial charge in [0, 0.05) is 37.8 Å². The number of hydrogen-bond donors (Lipinski definition) is 1. The second-order valence-corrected chi connectivity index (χ2v) is 5.54. The Labute approximate surface area is 144 Å². The topological polar surface area (TPSA) is 33.7 Å². The molecule has 1 saturated heterocycles. The van der Waals surface area contributed by atoms with Gasteiger partial charge in [-0.05, 0) is 19.4 Å². The van der Waals surface area contributed by atoms with Crippen LogP contribution in [0.1, 0.15) is 24.9 Å². The Hall–Kier alpha value is -0.940. The van der Waals surface area contributed by atoms with Gasteiger partial charge in [0.1, 0.15) is 0 Å². The summed E-state index contributed by atoms with van der Waals surface area (Å²) >= 11 is 0. The summed E-state index contributed by atoms with van der Waals surface area (Å²) in [7, 11) is 0. The van der Waals surface area contributed by atoms with Crippen molar-refractivity contribution in [1.29, 1.82) is 0 Å². The zero-order valence-electron chi connectivity index (χ0n) is 12.8. The lowest BCUT2D eigenvalue weighted by Gasteiger charge is -2.35. The van der Waals surface area contributed by atoms with Gasteiger partial charge in [-0.2, -0.15) is 0 Å². The van der Waals surface area contributed by atoms with Gasteiger partial charge in [0.2, 0.25) is 6.79 Å². The average Bonchev–Trinajstić information content (AvgIpc) is 2.94. The van der Waals surface area contributed by atoms with E-state index < -0.39 is 0 Å². The predicted octanol–water partition coefficient (Wildman–Crippen LogP) is 3.17. The van der Waals surface area contributed by atoms with E-state index in [2.05, 4.69) is 35.9 Å². The molecule has 0 aliphatic carbocycles. The van der Waals surface area contributed by atoms with Crippen molar-refractivity contribution in [3.05, 3.63) is 35.9 Å². The molecule has 0 spiro atoms. The van der Waals surface area contributed by atoms with Gasteiger partial charge in [0.15, 0.2) is 11.5 Å². The molecule has 1 aromatic rings. The Morgan fingerprint density at radius 2 is 2.00 bits per heavy atom. The van der Waals surface area contributed by atoms with Crippen molar-refractivity contribution in [1.82, 2.24) is 10.2 Å². The summed E-state index contributed by atoms with van der Waals surface area (Å²) in [5, 5.41) is 3.41. The van der Waals surface area contributed by atoms with Gasteiger partial charge in [-0.1, -0.05) is 17.7 Å². The highest BCUT2D eigenvalue weighted by Crippen LogP contribution is 2.42. The Morgan fingerprint density at radius 1 is 1.27 bits per heavy atom. The fourth-order valence-corrected chi connectivity index (χ4v) is 2.97. The maximum atomic E-state index is 5.69. The van der Waals surface area contributed by atoms with Crippen LogP contribution in [-0.4, -0.2) is 37.9 Å². The standard InChI is InChI=1S/C16H22N2O2.2ClH/c1-12(2)10-14(18-8-6-17-7-9-18)13-4-3-5-15-16(13)20-11-19-15;;/h3-5,14,17H,1,6-11H2,2H3;2*1H/t14-;;/m1../s1. The number of fused-ring (bicyclic) bond motifs is 1. The second-order valence-electron chi connectivity index (χ2n) is 5.54. The van der Waals surface area contributed by atoms with Gasteiger partial charge in [0.25, 0.3) is 0 Å². The van der Waals surface area contributed by atoms with Crippen molar-refractivity contribution >= 4 is 24.8 Å². The maximum Gasteiger partial charge on any atom is 0.231 e. The molecule has 1 N–H and O–H groups in total. The van der Waals surface area contributed by atoms with Crippen molar-refractivity contribution in [2.45, 2.75) is 19.4 Å². The van der Waals surface area contributed by atoms with Crippen LogP contribution >= 0.6 is 24.8 Å². The van der Waals surface area contributed by atoms with E-state index >= 15 is 0 Å². The van der Waals surface area contributed by atoms with Crippen LogP contribution in [0.4, 0.5) is 0 Å². The number of hydrogen-bond acceptors (Lipinski definition) is 4. The summed E-state index contributed by atoms with van der Waals surface area (Å²) in [6.45, 7) is 10.7. The van der Waals surface area contributed by atoms with Gasteiger partial charge in [-0.3, -0.25) is 4.90 Å². The number of benzene rings is 1. The van der Waals surface area contributed by atoms with E-state index in [0.717, 1.165) is 44.1 Å². The SMILES string of the molecule is C=C(C)C[C@H](c1cccc2c1OCO2)N1CCNCC1.Cl.Cl. The summed E-state index contributed by atoms with van der Waals surface area (Å²) in [4.78, 5) is 2.52. The summed E-state index contributed by atoms with van der Waals surface area (Å²) < 4.78 is 11.2. The van der Waals surface area contributed by atoms with Crippen LogP contribution in [0.5, 0.6) is 11.5 Å². The van der Waals surface area contributed by atoms with Gasteiger partial charge in [-0.15, -0.1) is 31.4 Å². The number of nitrogens with zero attached hydrogens (tertiary/aromatic N) is 1. The van der Waals surface area contributed by atoms with Gasteiger partial charge < -0.3 is 14.8 Å². The summed E-state index contributed by atoms with van der Waals surface area (Å²) in [6, 6.07) is 6.51. The maximum absolute atomic E-state index is 5.69. The van der Waals surface area contributed by atoms with E-state index in [1.54, 1.807) is 0 Å². The summed E-state index contributed by atoms with van der Waals surface area (Å²) in [5.41, 5.74) is 2.43. The molecule has 0 saturated carbocycles. The highest BCUT2D eigenvalue weighted by Gasteiger charge is 2.28. The summed E-state index contributed by atoms with van der Waals surface area (Å²) in [5.74, 6) is 1.78. The smallest absolute Gasteiger partial charge is 0.231 e. The first kappa shape index (κ1) is 19.1. The first-order valence-corrected chi connectivity index (χ1v) is 7.23. The van der Waals surface area contributed by atoms with Crippen LogP contribution in [0, 0.1) is 0 Å². The van der Waals surface area contributed by atoms with E-state index in [9.17, 15) is 0 Å². The first-order chi connectivity index (χ1) is 9.75. The molecular formula is C16H24Cl2N2O2. The third kappa shape index (κ3) is 4.07. The highest BCUT2D eigenvalue weighted by molar-refractivity contribution is 5.85. The molecule has 0 unspecified atom stereocenters. The van der Waals surface area contributed by atoms with E-state index in [0.29, 0.717) is 12.8 Å². The molecule has 1 atom stereocenters. The minimum absolute atomic E-state index is 0. The van der Waals surface area contributed by atoms with Gasteiger partial charge >= 0.3 is 0 Å². The normalized spacial score (nSPS) is 18.0. The minimum atomic E-state index is 0. The molecule has 2 heterocycles. The molecule has 1 aromatic carbocycles. The molecule has 4 nitrogen and oxygen atoms in total. The van der Waals surface area contributed by atoms with Crippen molar-refractivity contribution in [3.8, 4) is 11.5 Å². The largest absolute Gasteiger partial charge is 0.454 e. The lowest BCUT2D eigenvalue weighted by atomic mass is 9.97. The summed E-state index contributed by atoms with van der Waals surface area (Å²) in [6.07, 6.45) is 0.958. The number of halogens is 2.